The van der Waals surface area contributed by atoms with Crippen LogP contribution in [0, 0.1) is 5.92 Å². The number of nitrogens with one attached hydrogen (secondary N) is 4. The van der Waals surface area contributed by atoms with E-state index < -0.39 is 23.9 Å². The van der Waals surface area contributed by atoms with Gasteiger partial charge in [0.15, 0.2) is 0 Å². The van der Waals surface area contributed by atoms with Crippen LogP contribution in [-0.2, 0) is 11.3 Å². The molecule has 0 spiro atoms. The summed E-state index contributed by atoms with van der Waals surface area (Å²) in [6, 6.07) is 11.3. The lowest BCUT2D eigenvalue weighted by molar-refractivity contribution is -0.124. The number of hydrogen-bond donors (Lipinski definition) is 4. The fraction of sp³-hybridized carbons (Fsp3) is 0.263. The van der Waals surface area contributed by atoms with Crippen molar-refractivity contribution in [2.45, 2.75) is 26.4 Å². The summed E-state index contributed by atoms with van der Waals surface area (Å²) in [5.41, 5.74) is 5.91. The highest BCUT2D eigenvalue weighted by Gasteiger charge is 2.24. The molecule has 0 saturated heterocycles. The van der Waals surface area contributed by atoms with Gasteiger partial charge in [-0.05, 0) is 23.6 Å². The fourth-order valence-corrected chi connectivity index (χ4v) is 2.27. The van der Waals surface area contributed by atoms with Gasteiger partial charge in [0.1, 0.15) is 6.04 Å². The zero-order chi connectivity index (χ0) is 19.6. The molecular weight excluding hydrogens is 346 g/mol. The van der Waals surface area contributed by atoms with E-state index in [-0.39, 0.29) is 5.92 Å². The van der Waals surface area contributed by atoms with E-state index in [2.05, 4.69) is 26.5 Å². The molecule has 4 amide bonds. The Kier molecular flexibility index (Phi) is 7.30. The van der Waals surface area contributed by atoms with Crippen LogP contribution >= 0.6 is 0 Å². The van der Waals surface area contributed by atoms with Gasteiger partial charge in [0.2, 0.25) is 0 Å². The number of hydrazine groups is 1. The summed E-state index contributed by atoms with van der Waals surface area (Å²) >= 11 is 0. The summed E-state index contributed by atoms with van der Waals surface area (Å²) < 4.78 is 0. The van der Waals surface area contributed by atoms with Crippen LogP contribution < -0.4 is 21.5 Å². The number of aromatic nitrogens is 1. The first-order valence-corrected chi connectivity index (χ1v) is 8.56. The zero-order valence-electron chi connectivity index (χ0n) is 15.2. The average Bonchev–Trinajstić information content (AvgIpc) is 2.69. The van der Waals surface area contributed by atoms with Crippen LogP contribution in [0.25, 0.3) is 0 Å². The van der Waals surface area contributed by atoms with E-state index >= 15 is 0 Å². The summed E-state index contributed by atoms with van der Waals surface area (Å²) in [5.74, 6) is -1.19. The molecule has 1 unspecified atom stereocenters. The largest absolute Gasteiger partial charge is 0.334 e. The van der Waals surface area contributed by atoms with Crippen LogP contribution in [0.4, 0.5) is 4.79 Å². The molecule has 0 radical (unpaired) electrons. The monoisotopic (exact) mass is 369 g/mol. The van der Waals surface area contributed by atoms with Gasteiger partial charge >= 0.3 is 6.03 Å². The number of nitrogens with zero attached hydrogens (tertiary/aromatic N) is 1. The summed E-state index contributed by atoms with van der Waals surface area (Å²) in [4.78, 5) is 40.2. The summed E-state index contributed by atoms with van der Waals surface area (Å²) in [6.07, 6.45) is 2.93. The van der Waals surface area contributed by atoms with E-state index in [0.29, 0.717) is 12.1 Å². The highest BCUT2D eigenvalue weighted by molar-refractivity contribution is 5.96. The third-order valence-electron chi connectivity index (χ3n) is 3.75. The van der Waals surface area contributed by atoms with Crippen molar-refractivity contribution in [2.24, 2.45) is 5.92 Å². The lowest BCUT2D eigenvalue weighted by Crippen LogP contribution is -2.56. The first-order chi connectivity index (χ1) is 13.0. The van der Waals surface area contributed by atoms with Gasteiger partial charge in [0.25, 0.3) is 11.8 Å². The predicted octanol–water partition coefficient (Wildman–Crippen LogP) is 1.37. The van der Waals surface area contributed by atoms with Crippen LogP contribution in [0.3, 0.4) is 0 Å². The Balaban J connectivity index is 1.85. The van der Waals surface area contributed by atoms with Crippen LogP contribution in [0.5, 0.6) is 0 Å². The predicted molar refractivity (Wildman–Crippen MR) is 100 cm³/mol. The lowest BCUT2D eigenvalue weighted by Gasteiger charge is -2.22. The molecule has 0 aliphatic heterocycles. The number of amides is 4. The molecule has 0 aliphatic rings. The first-order valence-electron chi connectivity index (χ1n) is 8.56. The van der Waals surface area contributed by atoms with Crippen molar-refractivity contribution in [3.8, 4) is 0 Å². The van der Waals surface area contributed by atoms with Crippen molar-refractivity contribution in [3.63, 3.8) is 0 Å². The molecule has 27 heavy (non-hydrogen) atoms. The fourth-order valence-electron chi connectivity index (χ4n) is 2.27. The highest BCUT2D eigenvalue weighted by atomic mass is 16.2. The molecule has 0 bridgehead atoms. The van der Waals surface area contributed by atoms with Crippen molar-refractivity contribution in [3.05, 3.63) is 66.0 Å². The molecule has 1 heterocycles. The third-order valence-corrected chi connectivity index (χ3v) is 3.75. The minimum Gasteiger partial charge on any atom is -0.334 e. The SMILES string of the molecule is CC(C)C(NC(=O)NCc1ccccc1)C(=O)NNC(=O)c1cccnc1. The number of carbonyl (C=O) groups excluding carboxylic acids is 3. The molecule has 8 nitrogen and oxygen atoms in total. The number of pyridine rings is 1. The first kappa shape index (κ1) is 19.9. The highest BCUT2D eigenvalue weighted by Crippen LogP contribution is 2.02. The van der Waals surface area contributed by atoms with Gasteiger partial charge in [-0.2, -0.15) is 0 Å². The van der Waals surface area contributed by atoms with E-state index in [1.54, 1.807) is 32.2 Å². The molecule has 1 aromatic carbocycles. The molecule has 1 aromatic heterocycles. The standard InChI is InChI=1S/C19H23N5O3/c1-13(2)16(22-19(27)21-11-14-7-4-3-5-8-14)18(26)24-23-17(25)15-9-6-10-20-12-15/h3-10,12-13,16H,11H2,1-2H3,(H,23,25)(H,24,26)(H2,21,22,27). The second-order valence-corrected chi connectivity index (χ2v) is 6.22. The Morgan fingerprint density at radius 2 is 1.74 bits per heavy atom. The van der Waals surface area contributed by atoms with Crippen LogP contribution in [0.15, 0.2) is 54.9 Å². The van der Waals surface area contributed by atoms with E-state index in [1.807, 2.05) is 30.3 Å². The summed E-state index contributed by atoms with van der Waals surface area (Å²) in [7, 11) is 0. The maximum atomic E-state index is 12.3. The van der Waals surface area contributed by atoms with Crippen LogP contribution in [0.2, 0.25) is 0 Å². The van der Waals surface area contributed by atoms with Crippen molar-refractivity contribution >= 4 is 17.8 Å². The number of rotatable bonds is 6. The van der Waals surface area contributed by atoms with E-state index in [9.17, 15) is 14.4 Å². The minimum atomic E-state index is -0.810. The number of hydrogen-bond acceptors (Lipinski definition) is 4. The normalized spacial score (nSPS) is 11.4. The molecule has 0 saturated carbocycles. The zero-order valence-corrected chi connectivity index (χ0v) is 15.2. The molecule has 2 aromatic rings. The molecule has 1 atom stereocenters. The minimum absolute atomic E-state index is 0.178. The van der Waals surface area contributed by atoms with Gasteiger partial charge in [-0.3, -0.25) is 25.4 Å². The number of urea groups is 1. The van der Waals surface area contributed by atoms with Gasteiger partial charge in [0, 0.05) is 18.9 Å². The van der Waals surface area contributed by atoms with Gasteiger partial charge in [-0.25, -0.2) is 4.79 Å². The average molecular weight is 369 g/mol. The maximum Gasteiger partial charge on any atom is 0.315 e. The quantitative estimate of drug-likeness (QED) is 0.576. The molecule has 4 N–H and O–H groups in total. The van der Waals surface area contributed by atoms with Gasteiger partial charge in [0.05, 0.1) is 5.56 Å². The molecule has 0 aliphatic carbocycles. The van der Waals surface area contributed by atoms with Crippen molar-refractivity contribution in [1.29, 1.82) is 0 Å². The van der Waals surface area contributed by atoms with Crippen molar-refractivity contribution < 1.29 is 14.4 Å². The van der Waals surface area contributed by atoms with Gasteiger partial charge < -0.3 is 10.6 Å². The second-order valence-electron chi connectivity index (χ2n) is 6.22. The van der Waals surface area contributed by atoms with Crippen molar-refractivity contribution in [1.82, 2.24) is 26.5 Å². The topological polar surface area (TPSA) is 112 Å². The Morgan fingerprint density at radius 1 is 1.00 bits per heavy atom. The Bertz CT molecular complexity index is 765. The smallest absolute Gasteiger partial charge is 0.315 e. The Labute approximate surface area is 157 Å². The second kappa shape index (κ2) is 9.91. The maximum absolute atomic E-state index is 12.3. The molecular formula is C19H23N5O3. The van der Waals surface area contributed by atoms with E-state index in [4.69, 9.17) is 0 Å². The molecule has 0 fully saturated rings. The van der Waals surface area contributed by atoms with E-state index in [1.165, 1.54) is 6.20 Å². The lowest BCUT2D eigenvalue weighted by atomic mass is 10.0. The number of carbonyl (C=O) groups is 3. The summed E-state index contributed by atoms with van der Waals surface area (Å²) in [6.45, 7) is 3.94. The Hall–Kier alpha value is -3.42. The van der Waals surface area contributed by atoms with Crippen LogP contribution in [0.1, 0.15) is 29.8 Å². The summed E-state index contributed by atoms with van der Waals surface area (Å²) in [5, 5.41) is 5.33. The van der Waals surface area contributed by atoms with Crippen LogP contribution in [-0.4, -0.2) is 28.9 Å². The molecule has 2 rings (SSSR count). The third kappa shape index (κ3) is 6.43. The van der Waals surface area contributed by atoms with Crippen molar-refractivity contribution in [2.75, 3.05) is 0 Å². The Morgan fingerprint density at radius 3 is 2.37 bits per heavy atom. The molecule has 142 valence electrons. The van der Waals surface area contributed by atoms with Gasteiger partial charge in [-0.15, -0.1) is 0 Å². The number of benzene rings is 1. The molecule has 8 heteroatoms. The van der Waals surface area contributed by atoms with Gasteiger partial charge in [-0.1, -0.05) is 44.2 Å². The van der Waals surface area contributed by atoms with E-state index in [0.717, 1.165) is 5.56 Å².